The number of carbonyl (C=O) groups is 1. The zero-order valence-electron chi connectivity index (χ0n) is 16.3. The number of sulfonamides is 1. The molecule has 0 heterocycles. The molecule has 0 aromatic heterocycles. The van der Waals surface area contributed by atoms with Crippen LogP contribution in [0, 0.1) is 0 Å². The van der Waals surface area contributed by atoms with E-state index >= 15 is 0 Å². The van der Waals surface area contributed by atoms with E-state index < -0.39 is 10.0 Å². The van der Waals surface area contributed by atoms with Gasteiger partial charge in [0.2, 0.25) is 10.0 Å². The van der Waals surface area contributed by atoms with Crippen LogP contribution in [0.5, 0.6) is 11.5 Å². The Balaban J connectivity index is 1.77. The molecule has 0 atom stereocenters. The fraction of sp³-hybridized carbons (Fsp3) is 0.350. The van der Waals surface area contributed by atoms with E-state index in [-0.39, 0.29) is 12.5 Å². The average molecular weight is 407 g/mol. The quantitative estimate of drug-likeness (QED) is 0.654. The molecule has 0 unspecified atom stereocenters. The number of nitrogens with one attached hydrogen (secondary N) is 1. The molecule has 0 saturated heterocycles. The molecule has 152 valence electrons. The molecule has 0 fully saturated rings. The highest BCUT2D eigenvalue weighted by Crippen LogP contribution is 2.21. The third-order valence-corrected chi connectivity index (χ3v) is 5.35. The van der Waals surface area contributed by atoms with Gasteiger partial charge < -0.3 is 14.8 Å². The first-order valence-electron chi connectivity index (χ1n) is 8.93. The van der Waals surface area contributed by atoms with Gasteiger partial charge in [-0.05, 0) is 55.3 Å². The standard InChI is InChI=1S/C20H26N2O5S/c1-4-22(28(3,24)25)17-7-11-19(12-8-17)27-15-20(23)21-14-13-16-5-9-18(26-2)10-6-16/h5-12H,4,13-15H2,1-3H3,(H,21,23). The van der Waals surface area contributed by atoms with Crippen molar-refractivity contribution >= 4 is 21.6 Å². The van der Waals surface area contributed by atoms with Crippen LogP contribution in [-0.4, -0.2) is 47.4 Å². The fourth-order valence-corrected chi connectivity index (χ4v) is 3.63. The van der Waals surface area contributed by atoms with Crippen LogP contribution >= 0.6 is 0 Å². The van der Waals surface area contributed by atoms with E-state index in [4.69, 9.17) is 9.47 Å². The van der Waals surface area contributed by atoms with E-state index in [2.05, 4.69) is 5.32 Å². The third-order valence-electron chi connectivity index (χ3n) is 4.08. The number of methoxy groups -OCH3 is 1. The number of ether oxygens (including phenoxy) is 2. The van der Waals surface area contributed by atoms with Crippen molar-refractivity contribution < 1.29 is 22.7 Å². The van der Waals surface area contributed by atoms with E-state index in [0.717, 1.165) is 17.6 Å². The number of rotatable bonds is 10. The summed E-state index contributed by atoms with van der Waals surface area (Å²) in [7, 11) is -1.70. The summed E-state index contributed by atoms with van der Waals surface area (Å²) < 4.78 is 35.3. The Kier molecular flexibility index (Phi) is 7.69. The Bertz CT molecular complexity index is 864. The number of nitrogens with zero attached hydrogens (tertiary/aromatic N) is 1. The van der Waals surface area contributed by atoms with Gasteiger partial charge in [0.15, 0.2) is 6.61 Å². The Hall–Kier alpha value is -2.74. The maximum atomic E-state index is 11.9. The Morgan fingerprint density at radius 1 is 1.04 bits per heavy atom. The second kappa shape index (κ2) is 9.98. The Morgan fingerprint density at radius 3 is 2.18 bits per heavy atom. The molecule has 28 heavy (non-hydrogen) atoms. The zero-order chi connectivity index (χ0) is 20.6. The molecule has 2 rings (SSSR count). The SMILES string of the molecule is CCN(c1ccc(OCC(=O)NCCc2ccc(OC)cc2)cc1)S(C)(=O)=O. The summed E-state index contributed by atoms with van der Waals surface area (Å²) in [6.07, 6.45) is 1.87. The van der Waals surface area contributed by atoms with Gasteiger partial charge in [0, 0.05) is 13.1 Å². The summed E-state index contributed by atoms with van der Waals surface area (Å²) in [5.41, 5.74) is 1.66. The summed E-state index contributed by atoms with van der Waals surface area (Å²) in [4.78, 5) is 11.9. The van der Waals surface area contributed by atoms with Crippen LogP contribution < -0.4 is 19.1 Å². The normalized spacial score (nSPS) is 11.0. The van der Waals surface area contributed by atoms with Gasteiger partial charge in [-0.15, -0.1) is 0 Å². The fourth-order valence-electron chi connectivity index (χ4n) is 2.66. The first-order valence-corrected chi connectivity index (χ1v) is 10.8. The van der Waals surface area contributed by atoms with Gasteiger partial charge in [-0.3, -0.25) is 9.10 Å². The minimum atomic E-state index is -3.32. The molecule has 0 saturated carbocycles. The summed E-state index contributed by atoms with van der Waals surface area (Å²) in [5.74, 6) is 1.08. The van der Waals surface area contributed by atoms with Crippen molar-refractivity contribution in [1.29, 1.82) is 0 Å². The van der Waals surface area contributed by atoms with Crippen LogP contribution in [0.2, 0.25) is 0 Å². The summed E-state index contributed by atoms with van der Waals surface area (Å²) in [5, 5.41) is 2.81. The van der Waals surface area contributed by atoms with Gasteiger partial charge in [0.25, 0.3) is 5.91 Å². The van der Waals surface area contributed by atoms with Crippen molar-refractivity contribution in [2.45, 2.75) is 13.3 Å². The van der Waals surface area contributed by atoms with Crippen molar-refractivity contribution in [1.82, 2.24) is 5.32 Å². The van der Waals surface area contributed by atoms with Crippen LogP contribution in [0.25, 0.3) is 0 Å². The van der Waals surface area contributed by atoms with Gasteiger partial charge in [0.1, 0.15) is 11.5 Å². The van der Waals surface area contributed by atoms with Gasteiger partial charge in [-0.1, -0.05) is 12.1 Å². The van der Waals surface area contributed by atoms with E-state index in [1.54, 1.807) is 38.3 Å². The average Bonchev–Trinajstić information content (AvgIpc) is 2.67. The number of carbonyl (C=O) groups excluding carboxylic acids is 1. The molecule has 0 spiro atoms. The van der Waals surface area contributed by atoms with Crippen molar-refractivity contribution in [2.24, 2.45) is 0 Å². The molecule has 2 aromatic rings. The minimum absolute atomic E-state index is 0.106. The number of hydrogen-bond acceptors (Lipinski definition) is 5. The third kappa shape index (κ3) is 6.45. The van der Waals surface area contributed by atoms with Gasteiger partial charge in [0.05, 0.1) is 19.1 Å². The molecular weight excluding hydrogens is 380 g/mol. The van der Waals surface area contributed by atoms with Crippen LogP contribution in [0.1, 0.15) is 12.5 Å². The maximum absolute atomic E-state index is 11.9. The summed E-state index contributed by atoms with van der Waals surface area (Å²) in [6, 6.07) is 14.3. The van der Waals surface area contributed by atoms with Gasteiger partial charge in [-0.25, -0.2) is 8.42 Å². The van der Waals surface area contributed by atoms with E-state index in [1.165, 1.54) is 4.31 Å². The Morgan fingerprint density at radius 2 is 1.64 bits per heavy atom. The van der Waals surface area contributed by atoms with E-state index in [1.807, 2.05) is 24.3 Å². The molecule has 1 amide bonds. The highest BCUT2D eigenvalue weighted by atomic mass is 32.2. The molecule has 0 aliphatic heterocycles. The molecular formula is C20H26N2O5S. The van der Waals surface area contributed by atoms with Gasteiger partial charge in [-0.2, -0.15) is 0 Å². The second-order valence-electron chi connectivity index (χ2n) is 6.16. The lowest BCUT2D eigenvalue weighted by molar-refractivity contribution is -0.123. The molecule has 0 aliphatic carbocycles. The monoisotopic (exact) mass is 406 g/mol. The number of benzene rings is 2. The molecule has 0 aliphatic rings. The maximum Gasteiger partial charge on any atom is 0.257 e. The first-order chi connectivity index (χ1) is 13.3. The lowest BCUT2D eigenvalue weighted by Crippen LogP contribution is -2.30. The van der Waals surface area contributed by atoms with Crippen LogP contribution in [-0.2, 0) is 21.2 Å². The zero-order valence-corrected chi connectivity index (χ0v) is 17.2. The molecule has 2 aromatic carbocycles. The molecule has 7 nitrogen and oxygen atoms in total. The smallest absolute Gasteiger partial charge is 0.257 e. The minimum Gasteiger partial charge on any atom is -0.497 e. The lowest BCUT2D eigenvalue weighted by Gasteiger charge is -2.20. The lowest BCUT2D eigenvalue weighted by atomic mass is 10.1. The number of anilines is 1. The highest BCUT2D eigenvalue weighted by molar-refractivity contribution is 7.92. The second-order valence-corrected chi connectivity index (χ2v) is 8.07. The topological polar surface area (TPSA) is 84.9 Å². The summed E-state index contributed by atoms with van der Waals surface area (Å²) >= 11 is 0. The van der Waals surface area contributed by atoms with Crippen molar-refractivity contribution in [2.75, 3.05) is 37.4 Å². The first kappa shape index (κ1) is 21.6. The molecule has 0 radical (unpaired) electrons. The number of amides is 1. The molecule has 0 bridgehead atoms. The Labute approximate surface area is 166 Å². The summed E-state index contributed by atoms with van der Waals surface area (Å²) in [6.45, 7) is 2.51. The highest BCUT2D eigenvalue weighted by Gasteiger charge is 2.15. The van der Waals surface area contributed by atoms with Crippen molar-refractivity contribution in [3.63, 3.8) is 0 Å². The van der Waals surface area contributed by atoms with Crippen LogP contribution in [0.3, 0.4) is 0 Å². The van der Waals surface area contributed by atoms with E-state index in [0.29, 0.717) is 30.9 Å². The van der Waals surface area contributed by atoms with E-state index in [9.17, 15) is 13.2 Å². The van der Waals surface area contributed by atoms with Crippen molar-refractivity contribution in [3.8, 4) is 11.5 Å². The van der Waals surface area contributed by atoms with Crippen molar-refractivity contribution in [3.05, 3.63) is 54.1 Å². The predicted molar refractivity (Wildman–Crippen MR) is 110 cm³/mol. The molecule has 8 heteroatoms. The van der Waals surface area contributed by atoms with Crippen LogP contribution in [0.4, 0.5) is 5.69 Å². The molecule has 1 N–H and O–H groups in total. The van der Waals surface area contributed by atoms with Gasteiger partial charge >= 0.3 is 0 Å². The predicted octanol–water partition coefficient (Wildman–Crippen LogP) is 2.22. The largest absolute Gasteiger partial charge is 0.497 e. The van der Waals surface area contributed by atoms with Crippen LogP contribution in [0.15, 0.2) is 48.5 Å². The number of hydrogen-bond donors (Lipinski definition) is 1.